The van der Waals surface area contributed by atoms with Crippen molar-refractivity contribution in [1.82, 2.24) is 4.90 Å². The molecule has 25 heavy (non-hydrogen) atoms. The SMILES string of the molecule is Cc1ccc(F)c(S(=O)(=O)[C@H]2CS(=O)(=O)C[C@@H]2N2CCC(C)CC2)c1. The van der Waals surface area contributed by atoms with E-state index in [0.717, 1.165) is 18.9 Å². The minimum Gasteiger partial charge on any atom is -0.298 e. The summed E-state index contributed by atoms with van der Waals surface area (Å²) in [6.07, 6.45) is 1.84. The van der Waals surface area contributed by atoms with Crippen LogP contribution >= 0.6 is 0 Å². The second-order valence-corrected chi connectivity index (χ2v) is 11.7. The molecule has 2 fully saturated rings. The van der Waals surface area contributed by atoms with Gasteiger partial charge in [0.2, 0.25) is 0 Å². The monoisotopic (exact) mass is 389 g/mol. The van der Waals surface area contributed by atoms with Crippen molar-refractivity contribution in [2.75, 3.05) is 24.6 Å². The molecular formula is C17H24FNO4S2. The molecule has 2 atom stereocenters. The van der Waals surface area contributed by atoms with Crippen LogP contribution in [0, 0.1) is 18.7 Å². The standard InChI is InChI=1S/C17H24FNO4S2/c1-12-5-7-19(8-6-12)15-10-24(20,21)11-17(15)25(22,23)16-9-13(2)3-4-14(16)18/h3-4,9,12,15,17H,5-8,10-11H2,1-2H3/t15-,17-/m0/s1. The third-order valence-corrected chi connectivity index (χ3v) is 9.48. The molecule has 0 aromatic heterocycles. The molecule has 140 valence electrons. The zero-order valence-electron chi connectivity index (χ0n) is 14.5. The van der Waals surface area contributed by atoms with Crippen molar-refractivity contribution in [2.45, 2.75) is 42.9 Å². The number of piperidine rings is 1. The maximum Gasteiger partial charge on any atom is 0.186 e. The first-order valence-corrected chi connectivity index (χ1v) is 11.9. The van der Waals surface area contributed by atoms with E-state index in [9.17, 15) is 21.2 Å². The molecule has 0 spiro atoms. The summed E-state index contributed by atoms with van der Waals surface area (Å²) in [6.45, 7) is 5.19. The highest BCUT2D eigenvalue weighted by Crippen LogP contribution is 2.32. The van der Waals surface area contributed by atoms with Crippen molar-refractivity contribution in [3.05, 3.63) is 29.6 Å². The van der Waals surface area contributed by atoms with E-state index in [1.165, 1.54) is 12.1 Å². The average Bonchev–Trinajstić information content (AvgIpc) is 2.87. The zero-order valence-corrected chi connectivity index (χ0v) is 16.1. The number of nitrogens with zero attached hydrogens (tertiary/aromatic N) is 1. The number of hydrogen-bond acceptors (Lipinski definition) is 5. The third kappa shape index (κ3) is 3.75. The summed E-state index contributed by atoms with van der Waals surface area (Å²) in [5, 5.41) is -1.11. The highest BCUT2D eigenvalue weighted by molar-refractivity contribution is 7.96. The lowest BCUT2D eigenvalue weighted by atomic mass is 9.98. The first kappa shape index (κ1) is 18.8. The van der Waals surface area contributed by atoms with E-state index in [2.05, 4.69) is 6.92 Å². The number of benzene rings is 1. The van der Waals surface area contributed by atoms with E-state index < -0.39 is 42.5 Å². The van der Waals surface area contributed by atoms with Crippen molar-refractivity contribution in [2.24, 2.45) is 5.92 Å². The maximum absolute atomic E-state index is 14.2. The van der Waals surface area contributed by atoms with Crippen LogP contribution in [0.5, 0.6) is 0 Å². The number of halogens is 1. The van der Waals surface area contributed by atoms with Gasteiger partial charge >= 0.3 is 0 Å². The Hall–Kier alpha value is -0.990. The molecule has 5 nitrogen and oxygen atoms in total. The Morgan fingerprint density at radius 2 is 1.80 bits per heavy atom. The lowest BCUT2D eigenvalue weighted by molar-refractivity contribution is 0.151. The minimum absolute atomic E-state index is 0.168. The quantitative estimate of drug-likeness (QED) is 0.788. The molecule has 0 bridgehead atoms. The van der Waals surface area contributed by atoms with Crippen molar-refractivity contribution in [3.8, 4) is 0 Å². The van der Waals surface area contributed by atoms with E-state index in [1.807, 2.05) is 4.90 Å². The van der Waals surface area contributed by atoms with Crippen molar-refractivity contribution < 1.29 is 21.2 Å². The Morgan fingerprint density at radius 1 is 1.16 bits per heavy atom. The number of aryl methyl sites for hydroxylation is 1. The van der Waals surface area contributed by atoms with E-state index in [1.54, 1.807) is 6.92 Å². The fraction of sp³-hybridized carbons (Fsp3) is 0.647. The van der Waals surface area contributed by atoms with Gasteiger partial charge in [0.05, 0.1) is 16.8 Å². The molecule has 0 radical (unpaired) electrons. The van der Waals surface area contributed by atoms with Gasteiger partial charge in [-0.25, -0.2) is 21.2 Å². The van der Waals surface area contributed by atoms with E-state index >= 15 is 0 Å². The molecule has 1 aromatic carbocycles. The van der Waals surface area contributed by atoms with Crippen molar-refractivity contribution in [1.29, 1.82) is 0 Å². The number of hydrogen-bond donors (Lipinski definition) is 0. The van der Waals surface area contributed by atoms with Crippen LogP contribution in [0.3, 0.4) is 0 Å². The summed E-state index contributed by atoms with van der Waals surface area (Å²) < 4.78 is 64.8. The maximum atomic E-state index is 14.2. The van der Waals surface area contributed by atoms with Gasteiger partial charge in [-0.05, 0) is 56.5 Å². The van der Waals surface area contributed by atoms with Gasteiger partial charge in [-0.1, -0.05) is 13.0 Å². The molecule has 8 heteroatoms. The number of likely N-dealkylation sites (tertiary alicyclic amines) is 1. The van der Waals surface area contributed by atoms with Gasteiger partial charge in [0.1, 0.15) is 10.7 Å². The Bertz CT molecular complexity index is 859. The smallest absolute Gasteiger partial charge is 0.186 e. The highest BCUT2D eigenvalue weighted by Gasteiger charge is 2.49. The normalized spacial score (nSPS) is 28.3. The first-order chi connectivity index (χ1) is 11.6. The van der Waals surface area contributed by atoms with Crippen LogP contribution < -0.4 is 0 Å². The molecule has 2 heterocycles. The summed E-state index contributed by atoms with van der Waals surface area (Å²) >= 11 is 0. The second-order valence-electron chi connectivity index (χ2n) is 7.38. The first-order valence-electron chi connectivity index (χ1n) is 8.55. The Balaban J connectivity index is 1.98. The van der Waals surface area contributed by atoms with Crippen LogP contribution in [0.4, 0.5) is 4.39 Å². The number of sulfone groups is 2. The lowest BCUT2D eigenvalue weighted by Crippen LogP contribution is -2.49. The summed E-state index contributed by atoms with van der Waals surface area (Å²) in [4.78, 5) is 1.59. The topological polar surface area (TPSA) is 71.5 Å². The van der Waals surface area contributed by atoms with Gasteiger partial charge in [0.15, 0.2) is 19.7 Å². The van der Waals surface area contributed by atoms with Crippen LogP contribution in [0.25, 0.3) is 0 Å². The highest BCUT2D eigenvalue weighted by atomic mass is 32.2. The average molecular weight is 390 g/mol. The molecule has 3 rings (SSSR count). The van der Waals surface area contributed by atoms with Crippen LogP contribution in [0.15, 0.2) is 23.1 Å². The summed E-state index contributed by atoms with van der Waals surface area (Å²) in [6, 6.07) is 3.33. The predicted molar refractivity (Wildman–Crippen MR) is 94.5 cm³/mol. The van der Waals surface area contributed by atoms with Gasteiger partial charge in [-0.3, -0.25) is 4.90 Å². The molecule has 2 aliphatic rings. The zero-order chi connectivity index (χ0) is 18.4. The fourth-order valence-corrected chi connectivity index (χ4v) is 8.77. The minimum atomic E-state index is -4.07. The van der Waals surface area contributed by atoms with Crippen LogP contribution in [-0.4, -0.2) is 57.6 Å². The largest absolute Gasteiger partial charge is 0.298 e. The molecule has 2 saturated heterocycles. The molecule has 2 aliphatic heterocycles. The van der Waals surface area contributed by atoms with Crippen molar-refractivity contribution in [3.63, 3.8) is 0 Å². The van der Waals surface area contributed by atoms with Gasteiger partial charge < -0.3 is 0 Å². The molecule has 0 amide bonds. The molecular weight excluding hydrogens is 365 g/mol. The molecule has 1 aromatic rings. The fourth-order valence-electron chi connectivity index (χ4n) is 3.79. The lowest BCUT2D eigenvalue weighted by Gasteiger charge is -2.36. The van der Waals surface area contributed by atoms with E-state index in [0.29, 0.717) is 24.6 Å². The summed E-state index contributed by atoms with van der Waals surface area (Å²) in [5.74, 6) is -0.863. The van der Waals surface area contributed by atoms with Crippen molar-refractivity contribution >= 4 is 19.7 Å². The van der Waals surface area contributed by atoms with Gasteiger partial charge in [-0.15, -0.1) is 0 Å². The van der Waals surface area contributed by atoms with Gasteiger partial charge in [0.25, 0.3) is 0 Å². The van der Waals surface area contributed by atoms with E-state index in [-0.39, 0.29) is 10.6 Å². The second kappa shape index (κ2) is 6.63. The van der Waals surface area contributed by atoms with Crippen LogP contribution in [0.2, 0.25) is 0 Å². The molecule has 0 aliphatic carbocycles. The molecule has 0 unspecified atom stereocenters. The van der Waals surface area contributed by atoms with Crippen LogP contribution in [0.1, 0.15) is 25.3 Å². The summed E-state index contributed by atoms with van der Waals surface area (Å²) in [7, 11) is -7.54. The Labute approximate surface area is 149 Å². The Morgan fingerprint density at radius 3 is 2.44 bits per heavy atom. The van der Waals surface area contributed by atoms with Gasteiger partial charge in [-0.2, -0.15) is 0 Å². The van der Waals surface area contributed by atoms with Crippen LogP contribution in [-0.2, 0) is 19.7 Å². The van der Waals surface area contributed by atoms with E-state index in [4.69, 9.17) is 0 Å². The molecule has 0 saturated carbocycles. The predicted octanol–water partition coefficient (Wildman–Crippen LogP) is 1.81. The third-order valence-electron chi connectivity index (χ3n) is 5.35. The molecule has 0 N–H and O–H groups in total. The number of rotatable bonds is 3. The van der Waals surface area contributed by atoms with Gasteiger partial charge in [0, 0.05) is 6.04 Å². The summed E-state index contributed by atoms with van der Waals surface area (Å²) in [5.41, 5.74) is 0.629. The Kier molecular flexibility index (Phi) is 4.98.